The molecule has 1 aliphatic rings. The van der Waals surface area contributed by atoms with Crippen molar-refractivity contribution in [2.24, 2.45) is 5.92 Å². The molecular weight excluding hydrogens is 234 g/mol. The molecule has 0 saturated heterocycles. The second-order valence-electron chi connectivity index (χ2n) is 4.97. The van der Waals surface area contributed by atoms with Crippen LogP contribution in [0, 0.1) is 5.92 Å². The van der Waals surface area contributed by atoms with Gasteiger partial charge in [0.05, 0.1) is 0 Å². The first-order valence-electron chi connectivity index (χ1n) is 6.47. The molecule has 0 spiro atoms. The quantitative estimate of drug-likeness (QED) is 0.786. The highest BCUT2D eigenvalue weighted by Crippen LogP contribution is 2.34. The molecule has 1 aliphatic carbocycles. The van der Waals surface area contributed by atoms with Gasteiger partial charge in [0.1, 0.15) is 16.8 Å². The number of anilines is 1. The molecule has 1 N–H and O–H groups in total. The van der Waals surface area contributed by atoms with Crippen LogP contribution in [-0.2, 0) is 6.42 Å². The van der Waals surface area contributed by atoms with Crippen LogP contribution in [0.3, 0.4) is 0 Å². The number of hydrogen-bond acceptors (Lipinski definition) is 3. The van der Waals surface area contributed by atoms with E-state index in [1.54, 1.807) is 0 Å². The minimum Gasteiger partial charge on any atom is -0.367 e. The van der Waals surface area contributed by atoms with Gasteiger partial charge in [-0.15, -0.1) is 0 Å². The summed E-state index contributed by atoms with van der Waals surface area (Å²) in [5.74, 6) is 2.62. The van der Waals surface area contributed by atoms with Crippen molar-refractivity contribution in [3.63, 3.8) is 0 Å². The fraction of sp³-hybridized carbons (Fsp3) is 0.692. The summed E-state index contributed by atoms with van der Waals surface area (Å²) in [4.78, 5) is 8.70. The van der Waals surface area contributed by atoms with Crippen LogP contribution in [0.15, 0.2) is 6.07 Å². The van der Waals surface area contributed by atoms with Crippen molar-refractivity contribution in [1.82, 2.24) is 9.97 Å². The van der Waals surface area contributed by atoms with Crippen molar-refractivity contribution in [1.29, 1.82) is 0 Å². The Morgan fingerprint density at radius 1 is 1.47 bits per heavy atom. The molecule has 0 aromatic carbocycles. The monoisotopic (exact) mass is 253 g/mol. The molecule has 1 aromatic rings. The highest BCUT2D eigenvalue weighted by Gasteiger charge is 2.23. The van der Waals surface area contributed by atoms with Gasteiger partial charge in [0.25, 0.3) is 0 Å². The van der Waals surface area contributed by atoms with E-state index >= 15 is 0 Å². The minimum atomic E-state index is 0.461. The lowest BCUT2D eigenvalue weighted by Crippen LogP contribution is -2.17. The molecular formula is C13H20ClN3. The lowest BCUT2D eigenvalue weighted by molar-refractivity contribution is 0.639. The van der Waals surface area contributed by atoms with Gasteiger partial charge in [0, 0.05) is 18.5 Å². The van der Waals surface area contributed by atoms with E-state index in [4.69, 9.17) is 11.6 Å². The summed E-state index contributed by atoms with van der Waals surface area (Å²) in [6, 6.07) is 2.27. The first-order valence-corrected chi connectivity index (χ1v) is 6.85. The van der Waals surface area contributed by atoms with Crippen molar-refractivity contribution in [3.05, 3.63) is 17.0 Å². The molecule has 4 heteroatoms. The van der Waals surface area contributed by atoms with Crippen LogP contribution in [0.2, 0.25) is 5.15 Å². The zero-order valence-electron chi connectivity index (χ0n) is 10.5. The van der Waals surface area contributed by atoms with Crippen molar-refractivity contribution < 1.29 is 0 Å². The van der Waals surface area contributed by atoms with E-state index in [1.807, 2.05) is 6.07 Å². The Morgan fingerprint density at radius 3 is 2.88 bits per heavy atom. The highest BCUT2D eigenvalue weighted by molar-refractivity contribution is 6.29. The third kappa shape index (κ3) is 4.15. The average Bonchev–Trinajstić information content (AvgIpc) is 3.00. The number of halogens is 1. The third-order valence-corrected chi connectivity index (χ3v) is 3.19. The first kappa shape index (κ1) is 12.6. The van der Waals surface area contributed by atoms with Crippen LogP contribution in [0.25, 0.3) is 0 Å². The maximum Gasteiger partial charge on any atom is 0.134 e. The molecule has 1 heterocycles. The molecule has 0 bridgehead atoms. The molecule has 0 amide bonds. The number of nitrogens with zero attached hydrogens (tertiary/aromatic N) is 2. The summed E-state index contributed by atoms with van der Waals surface area (Å²) in [5, 5.41) is 3.95. The normalized spacial score (nSPS) is 16.9. The molecule has 1 saturated carbocycles. The summed E-state index contributed by atoms with van der Waals surface area (Å²) in [5.41, 5.74) is 0. The van der Waals surface area contributed by atoms with E-state index in [9.17, 15) is 0 Å². The van der Waals surface area contributed by atoms with Gasteiger partial charge in [-0.05, 0) is 25.7 Å². The van der Waals surface area contributed by atoms with E-state index in [-0.39, 0.29) is 0 Å². The number of rotatable bonds is 6. The lowest BCUT2D eigenvalue weighted by Gasteiger charge is -2.14. The second-order valence-corrected chi connectivity index (χ2v) is 5.35. The van der Waals surface area contributed by atoms with Crippen LogP contribution in [0.4, 0.5) is 5.82 Å². The number of hydrogen-bond donors (Lipinski definition) is 1. The Hall–Kier alpha value is -0.830. The summed E-state index contributed by atoms with van der Waals surface area (Å²) < 4.78 is 0. The average molecular weight is 254 g/mol. The molecule has 1 atom stereocenters. The van der Waals surface area contributed by atoms with E-state index in [2.05, 4.69) is 29.1 Å². The minimum absolute atomic E-state index is 0.461. The van der Waals surface area contributed by atoms with Gasteiger partial charge in [-0.2, -0.15) is 0 Å². The highest BCUT2D eigenvalue weighted by atomic mass is 35.5. The number of nitrogens with one attached hydrogen (secondary N) is 1. The van der Waals surface area contributed by atoms with Gasteiger partial charge in [-0.25, -0.2) is 9.97 Å². The Morgan fingerprint density at radius 2 is 2.24 bits per heavy atom. The molecule has 0 radical (unpaired) electrons. The Balaban J connectivity index is 1.97. The van der Waals surface area contributed by atoms with Crippen LogP contribution in [-0.4, -0.2) is 16.0 Å². The Kier molecular flexibility index (Phi) is 4.21. The van der Waals surface area contributed by atoms with Crippen LogP contribution in [0.5, 0.6) is 0 Å². The second kappa shape index (κ2) is 5.67. The van der Waals surface area contributed by atoms with Crippen LogP contribution < -0.4 is 5.32 Å². The van der Waals surface area contributed by atoms with Crippen molar-refractivity contribution in [2.75, 3.05) is 5.32 Å². The molecule has 1 aromatic heterocycles. The zero-order valence-corrected chi connectivity index (χ0v) is 11.3. The van der Waals surface area contributed by atoms with Gasteiger partial charge in [-0.3, -0.25) is 0 Å². The van der Waals surface area contributed by atoms with E-state index in [1.165, 1.54) is 19.3 Å². The topological polar surface area (TPSA) is 37.8 Å². The third-order valence-electron chi connectivity index (χ3n) is 2.99. The van der Waals surface area contributed by atoms with Gasteiger partial charge in [-0.1, -0.05) is 31.4 Å². The van der Waals surface area contributed by atoms with E-state index < -0.39 is 0 Å². The molecule has 1 fully saturated rings. The number of aromatic nitrogens is 2. The number of aryl methyl sites for hydroxylation is 1. The van der Waals surface area contributed by atoms with Crippen molar-refractivity contribution in [2.45, 2.75) is 52.0 Å². The molecule has 94 valence electrons. The first-order chi connectivity index (χ1) is 8.17. The van der Waals surface area contributed by atoms with E-state index in [0.717, 1.165) is 30.4 Å². The molecule has 0 aliphatic heterocycles. The van der Waals surface area contributed by atoms with Gasteiger partial charge in [0.15, 0.2) is 0 Å². The van der Waals surface area contributed by atoms with Gasteiger partial charge >= 0.3 is 0 Å². The maximum absolute atomic E-state index is 6.00. The Bertz CT molecular complexity index is 377. The van der Waals surface area contributed by atoms with Gasteiger partial charge < -0.3 is 5.32 Å². The smallest absolute Gasteiger partial charge is 0.134 e. The standard InChI is InChI=1S/C13H20ClN3/c1-3-4-12-16-11(14)8-13(17-12)15-9(2)7-10-5-6-10/h8-10H,3-7H2,1-2H3,(H,15,16,17). The summed E-state index contributed by atoms with van der Waals surface area (Å²) in [6.07, 6.45) is 5.92. The molecule has 3 nitrogen and oxygen atoms in total. The largest absolute Gasteiger partial charge is 0.367 e. The van der Waals surface area contributed by atoms with Crippen molar-refractivity contribution in [3.8, 4) is 0 Å². The molecule has 17 heavy (non-hydrogen) atoms. The predicted octanol–water partition coefficient (Wildman–Crippen LogP) is 3.68. The molecule has 2 rings (SSSR count). The maximum atomic E-state index is 6.00. The zero-order chi connectivity index (χ0) is 12.3. The van der Waals surface area contributed by atoms with Crippen LogP contribution >= 0.6 is 11.6 Å². The van der Waals surface area contributed by atoms with E-state index in [0.29, 0.717) is 11.2 Å². The Labute approximate surface area is 108 Å². The van der Waals surface area contributed by atoms with Crippen molar-refractivity contribution >= 4 is 17.4 Å². The fourth-order valence-corrected chi connectivity index (χ4v) is 2.24. The summed E-state index contributed by atoms with van der Waals surface area (Å²) in [7, 11) is 0. The lowest BCUT2D eigenvalue weighted by atomic mass is 10.1. The summed E-state index contributed by atoms with van der Waals surface area (Å²) in [6.45, 7) is 4.32. The molecule has 1 unspecified atom stereocenters. The summed E-state index contributed by atoms with van der Waals surface area (Å²) >= 11 is 6.00. The van der Waals surface area contributed by atoms with Crippen LogP contribution in [0.1, 0.15) is 45.4 Å². The van der Waals surface area contributed by atoms with Gasteiger partial charge in [0.2, 0.25) is 0 Å². The fourth-order valence-electron chi connectivity index (χ4n) is 2.04. The predicted molar refractivity (Wildman–Crippen MR) is 71.5 cm³/mol. The SMILES string of the molecule is CCCc1nc(Cl)cc(NC(C)CC2CC2)n1.